The molecule has 3 aromatic rings. The van der Waals surface area contributed by atoms with E-state index in [1.165, 1.54) is 0 Å². The first-order chi connectivity index (χ1) is 13.6. The van der Waals surface area contributed by atoms with Crippen molar-refractivity contribution in [2.45, 2.75) is 18.9 Å². The van der Waals surface area contributed by atoms with Gasteiger partial charge in [-0.2, -0.15) is 10.2 Å². The van der Waals surface area contributed by atoms with E-state index in [2.05, 4.69) is 27.0 Å². The van der Waals surface area contributed by atoms with E-state index in [9.17, 15) is 0 Å². The van der Waals surface area contributed by atoms with Crippen LogP contribution in [0.3, 0.4) is 0 Å². The second-order valence-corrected chi connectivity index (χ2v) is 7.33. The van der Waals surface area contributed by atoms with E-state index < -0.39 is 0 Å². The lowest BCUT2D eigenvalue weighted by atomic mass is 10.1. The Bertz CT molecular complexity index is 1000. The standard InChI is InChI=1S/C20H24ClN7/c1-15(5-3-8-21)24-17-6-4-10-27(13-17)20-19-7-9-22-28(19)14-18(25-20)16-11-23-26(2)12-16/h3,5,7,9,11-12,14,17,24H,1,4,6,8,10,13H2,2H3/b5-3+. The van der Waals surface area contributed by atoms with Gasteiger partial charge in [0.1, 0.15) is 5.52 Å². The predicted octanol–water partition coefficient (Wildman–Crippen LogP) is 3.00. The van der Waals surface area contributed by atoms with Gasteiger partial charge in [0.25, 0.3) is 0 Å². The number of hydrogen-bond donors (Lipinski definition) is 1. The minimum Gasteiger partial charge on any atom is -0.381 e. The Kier molecular flexibility index (Phi) is 5.34. The molecule has 4 rings (SSSR count). The number of nitrogens with one attached hydrogen (secondary N) is 1. The molecule has 1 aliphatic heterocycles. The molecule has 1 aliphatic rings. The molecule has 0 aromatic carbocycles. The molecule has 0 aliphatic carbocycles. The summed E-state index contributed by atoms with van der Waals surface area (Å²) in [5.41, 5.74) is 3.74. The third-order valence-electron chi connectivity index (χ3n) is 4.89. The SMILES string of the molecule is C=C(/C=C/CCl)NC1CCCN(c2nc(-c3cnn(C)c3)cn3nccc23)C1. The zero-order chi connectivity index (χ0) is 19.5. The summed E-state index contributed by atoms with van der Waals surface area (Å²) >= 11 is 5.72. The molecule has 7 nitrogen and oxygen atoms in total. The lowest BCUT2D eigenvalue weighted by Gasteiger charge is -2.35. The minimum atomic E-state index is 0.313. The zero-order valence-corrected chi connectivity index (χ0v) is 16.7. The van der Waals surface area contributed by atoms with Gasteiger partial charge in [0.15, 0.2) is 5.82 Å². The van der Waals surface area contributed by atoms with Crippen molar-refractivity contribution in [1.29, 1.82) is 0 Å². The number of hydrogen-bond acceptors (Lipinski definition) is 5. The Hall–Kier alpha value is -2.80. The maximum Gasteiger partial charge on any atom is 0.155 e. The van der Waals surface area contributed by atoms with Crippen molar-refractivity contribution >= 4 is 22.9 Å². The van der Waals surface area contributed by atoms with E-state index >= 15 is 0 Å². The third kappa shape index (κ3) is 3.89. The number of anilines is 1. The summed E-state index contributed by atoms with van der Waals surface area (Å²) in [6.07, 6.45) is 13.6. The van der Waals surface area contributed by atoms with Gasteiger partial charge in [0, 0.05) is 49.5 Å². The smallest absolute Gasteiger partial charge is 0.155 e. The molecule has 0 radical (unpaired) electrons. The van der Waals surface area contributed by atoms with E-state index in [0.29, 0.717) is 11.9 Å². The summed E-state index contributed by atoms with van der Waals surface area (Å²) in [7, 11) is 1.91. The maximum absolute atomic E-state index is 5.72. The summed E-state index contributed by atoms with van der Waals surface area (Å²) < 4.78 is 3.68. The fourth-order valence-corrected chi connectivity index (χ4v) is 3.71. The molecular formula is C20H24ClN7. The summed E-state index contributed by atoms with van der Waals surface area (Å²) in [6.45, 7) is 5.89. The highest BCUT2D eigenvalue weighted by atomic mass is 35.5. The van der Waals surface area contributed by atoms with Crippen LogP contribution in [0.25, 0.3) is 16.8 Å². The Morgan fingerprint density at radius 1 is 1.39 bits per heavy atom. The van der Waals surface area contributed by atoms with Crippen LogP contribution in [0.15, 0.2) is 55.3 Å². The van der Waals surface area contributed by atoms with Gasteiger partial charge in [0.05, 0.1) is 24.3 Å². The molecule has 8 heteroatoms. The van der Waals surface area contributed by atoms with Crippen LogP contribution < -0.4 is 10.2 Å². The van der Waals surface area contributed by atoms with Crippen LogP contribution in [0, 0.1) is 0 Å². The van der Waals surface area contributed by atoms with Crippen LogP contribution in [0.4, 0.5) is 5.82 Å². The normalized spacial score (nSPS) is 17.5. The van der Waals surface area contributed by atoms with Crippen LogP contribution in [0.5, 0.6) is 0 Å². The van der Waals surface area contributed by atoms with Crippen molar-refractivity contribution in [3.63, 3.8) is 0 Å². The van der Waals surface area contributed by atoms with Gasteiger partial charge in [-0.15, -0.1) is 11.6 Å². The topological polar surface area (TPSA) is 63.3 Å². The molecular weight excluding hydrogens is 374 g/mol. The molecule has 1 atom stereocenters. The lowest BCUT2D eigenvalue weighted by Crippen LogP contribution is -2.45. The number of piperidine rings is 1. The molecule has 3 aromatic heterocycles. The van der Waals surface area contributed by atoms with Gasteiger partial charge < -0.3 is 10.2 Å². The molecule has 28 heavy (non-hydrogen) atoms. The summed E-state index contributed by atoms with van der Waals surface area (Å²) in [5, 5.41) is 12.2. The van der Waals surface area contributed by atoms with Crippen molar-refractivity contribution < 1.29 is 0 Å². The average Bonchev–Trinajstić information content (AvgIpc) is 3.34. The fraction of sp³-hybridized carbons (Fsp3) is 0.350. The maximum atomic E-state index is 5.72. The van der Waals surface area contributed by atoms with E-state index in [-0.39, 0.29) is 0 Å². The van der Waals surface area contributed by atoms with Crippen molar-refractivity contribution in [3.05, 3.63) is 55.3 Å². The number of rotatable bonds is 6. The Morgan fingerprint density at radius 2 is 2.29 bits per heavy atom. The first-order valence-corrected chi connectivity index (χ1v) is 9.94. The molecule has 0 spiro atoms. The van der Waals surface area contributed by atoms with Crippen LogP contribution in [0.2, 0.25) is 0 Å². The monoisotopic (exact) mass is 397 g/mol. The first-order valence-electron chi connectivity index (χ1n) is 9.40. The van der Waals surface area contributed by atoms with Crippen molar-refractivity contribution in [2.24, 2.45) is 7.05 Å². The number of allylic oxidation sites excluding steroid dienone is 2. The van der Waals surface area contributed by atoms with Crippen molar-refractivity contribution in [1.82, 2.24) is 29.7 Å². The fourth-order valence-electron chi connectivity index (χ4n) is 3.62. The van der Waals surface area contributed by atoms with Gasteiger partial charge >= 0.3 is 0 Å². The second kappa shape index (κ2) is 8.06. The Balaban J connectivity index is 1.61. The number of halogens is 1. The number of alkyl halides is 1. The number of nitrogens with zero attached hydrogens (tertiary/aromatic N) is 6. The Labute approximate surface area is 169 Å². The average molecular weight is 398 g/mol. The number of aromatic nitrogens is 5. The molecule has 0 saturated carbocycles. The highest BCUT2D eigenvalue weighted by Gasteiger charge is 2.23. The van der Waals surface area contributed by atoms with E-state index in [1.54, 1.807) is 4.68 Å². The molecule has 1 saturated heterocycles. The van der Waals surface area contributed by atoms with Crippen molar-refractivity contribution in [2.75, 3.05) is 23.9 Å². The highest BCUT2D eigenvalue weighted by molar-refractivity contribution is 6.18. The molecule has 146 valence electrons. The van der Waals surface area contributed by atoms with E-state index in [4.69, 9.17) is 16.6 Å². The van der Waals surface area contributed by atoms with Crippen LogP contribution >= 0.6 is 11.6 Å². The van der Waals surface area contributed by atoms with E-state index in [1.807, 2.05) is 54.6 Å². The predicted molar refractivity (Wildman–Crippen MR) is 113 cm³/mol. The van der Waals surface area contributed by atoms with Crippen molar-refractivity contribution in [3.8, 4) is 11.3 Å². The van der Waals surface area contributed by atoms with Gasteiger partial charge in [-0.25, -0.2) is 9.50 Å². The van der Waals surface area contributed by atoms with E-state index in [0.717, 1.165) is 54.2 Å². The molecule has 4 heterocycles. The summed E-state index contributed by atoms with van der Waals surface area (Å²) in [4.78, 5) is 7.30. The zero-order valence-electron chi connectivity index (χ0n) is 15.9. The minimum absolute atomic E-state index is 0.313. The third-order valence-corrected chi connectivity index (χ3v) is 5.07. The van der Waals surface area contributed by atoms with Gasteiger partial charge in [-0.1, -0.05) is 12.7 Å². The highest BCUT2D eigenvalue weighted by Crippen LogP contribution is 2.27. The lowest BCUT2D eigenvalue weighted by molar-refractivity contribution is 0.454. The molecule has 1 fully saturated rings. The largest absolute Gasteiger partial charge is 0.381 e. The summed E-state index contributed by atoms with van der Waals surface area (Å²) in [6, 6.07) is 2.32. The molecule has 0 bridgehead atoms. The number of fused-ring (bicyclic) bond motifs is 1. The van der Waals surface area contributed by atoms with Gasteiger partial charge in [-0.05, 0) is 25.0 Å². The second-order valence-electron chi connectivity index (χ2n) is 7.02. The van der Waals surface area contributed by atoms with Gasteiger partial charge in [-0.3, -0.25) is 4.68 Å². The van der Waals surface area contributed by atoms with Crippen LogP contribution in [0.1, 0.15) is 12.8 Å². The van der Waals surface area contributed by atoms with Gasteiger partial charge in [0.2, 0.25) is 0 Å². The quantitative estimate of drug-likeness (QED) is 0.511. The number of aryl methyl sites for hydroxylation is 1. The molecule has 1 N–H and O–H groups in total. The molecule has 1 unspecified atom stereocenters. The summed E-state index contributed by atoms with van der Waals surface area (Å²) in [5.74, 6) is 1.44. The molecule has 0 amide bonds. The Morgan fingerprint density at radius 3 is 3.07 bits per heavy atom. The van der Waals surface area contributed by atoms with Crippen LogP contribution in [-0.2, 0) is 7.05 Å². The first kappa shape index (κ1) is 18.6. The van der Waals surface area contributed by atoms with Crippen LogP contribution in [-0.4, -0.2) is 49.4 Å².